The minimum atomic E-state index is -1.60. The smallest absolute Gasteiger partial charge is 0.334 e. The van der Waals surface area contributed by atoms with Gasteiger partial charge < -0.3 is 15.5 Å². The SMILES string of the molecule is Cc1cc(C(=O)NC[C@H](O)C(=O)O)n[nH]1. The summed E-state index contributed by atoms with van der Waals surface area (Å²) in [5.74, 6) is -1.91. The van der Waals surface area contributed by atoms with Gasteiger partial charge in [0.15, 0.2) is 6.10 Å². The maximum atomic E-state index is 11.3. The number of rotatable bonds is 4. The van der Waals surface area contributed by atoms with E-state index in [1.54, 1.807) is 6.92 Å². The summed E-state index contributed by atoms with van der Waals surface area (Å²) in [7, 11) is 0. The molecular weight excluding hydrogens is 202 g/mol. The molecule has 82 valence electrons. The zero-order chi connectivity index (χ0) is 11.4. The van der Waals surface area contributed by atoms with E-state index in [0.29, 0.717) is 0 Å². The third-order valence-corrected chi connectivity index (χ3v) is 1.68. The molecule has 1 heterocycles. The number of H-pyrrole nitrogens is 1. The van der Waals surface area contributed by atoms with Crippen LogP contribution in [0.5, 0.6) is 0 Å². The van der Waals surface area contributed by atoms with Gasteiger partial charge in [-0.15, -0.1) is 0 Å². The highest BCUT2D eigenvalue weighted by Crippen LogP contribution is 1.96. The number of aryl methyl sites for hydroxylation is 1. The highest BCUT2D eigenvalue weighted by molar-refractivity contribution is 5.92. The van der Waals surface area contributed by atoms with Crippen LogP contribution < -0.4 is 5.32 Å². The van der Waals surface area contributed by atoms with Gasteiger partial charge in [-0.25, -0.2) is 4.79 Å². The first-order chi connectivity index (χ1) is 7.00. The number of carboxylic acids is 1. The fourth-order valence-electron chi connectivity index (χ4n) is 0.902. The summed E-state index contributed by atoms with van der Waals surface area (Å²) >= 11 is 0. The average Bonchev–Trinajstić information content (AvgIpc) is 2.60. The lowest BCUT2D eigenvalue weighted by molar-refractivity contribution is -0.146. The number of aliphatic hydroxyl groups is 1. The van der Waals surface area contributed by atoms with Gasteiger partial charge in [-0.3, -0.25) is 9.89 Å². The van der Waals surface area contributed by atoms with Gasteiger partial charge in [0, 0.05) is 5.69 Å². The lowest BCUT2D eigenvalue weighted by Crippen LogP contribution is -2.36. The molecule has 0 bridgehead atoms. The Morgan fingerprint density at radius 3 is 2.80 bits per heavy atom. The summed E-state index contributed by atoms with van der Waals surface area (Å²) < 4.78 is 0. The molecule has 0 radical (unpaired) electrons. The van der Waals surface area contributed by atoms with Crippen molar-refractivity contribution in [2.45, 2.75) is 13.0 Å². The van der Waals surface area contributed by atoms with E-state index >= 15 is 0 Å². The number of aliphatic carboxylic acids is 1. The van der Waals surface area contributed by atoms with Crippen molar-refractivity contribution in [3.8, 4) is 0 Å². The predicted octanol–water partition coefficient (Wildman–Crippen LogP) is -1.11. The van der Waals surface area contributed by atoms with Gasteiger partial charge in [-0.05, 0) is 13.0 Å². The third kappa shape index (κ3) is 3.06. The number of carbonyl (C=O) groups excluding carboxylic acids is 1. The Balaban J connectivity index is 2.47. The van der Waals surface area contributed by atoms with Gasteiger partial charge in [0.25, 0.3) is 5.91 Å². The number of carbonyl (C=O) groups is 2. The van der Waals surface area contributed by atoms with Crippen molar-refractivity contribution in [3.63, 3.8) is 0 Å². The van der Waals surface area contributed by atoms with Gasteiger partial charge in [-0.1, -0.05) is 0 Å². The summed E-state index contributed by atoms with van der Waals surface area (Å²) in [5.41, 5.74) is 0.879. The van der Waals surface area contributed by atoms with Crippen molar-refractivity contribution >= 4 is 11.9 Å². The summed E-state index contributed by atoms with van der Waals surface area (Å²) in [6.07, 6.45) is -1.60. The Labute approximate surface area is 85.1 Å². The topological polar surface area (TPSA) is 115 Å². The first-order valence-electron chi connectivity index (χ1n) is 4.22. The van der Waals surface area contributed by atoms with Crippen LogP contribution in [0.15, 0.2) is 6.07 Å². The number of hydrogen-bond donors (Lipinski definition) is 4. The van der Waals surface area contributed by atoms with Gasteiger partial charge in [-0.2, -0.15) is 5.10 Å². The Morgan fingerprint density at radius 1 is 1.67 bits per heavy atom. The zero-order valence-electron chi connectivity index (χ0n) is 8.02. The fourth-order valence-corrected chi connectivity index (χ4v) is 0.902. The number of nitrogens with one attached hydrogen (secondary N) is 2. The molecule has 1 aromatic heterocycles. The first-order valence-corrected chi connectivity index (χ1v) is 4.22. The van der Waals surface area contributed by atoms with Gasteiger partial charge >= 0.3 is 5.97 Å². The highest BCUT2D eigenvalue weighted by Gasteiger charge is 2.15. The van der Waals surface area contributed by atoms with E-state index in [4.69, 9.17) is 10.2 Å². The lowest BCUT2D eigenvalue weighted by atomic mass is 10.3. The molecule has 0 fully saturated rings. The minimum absolute atomic E-state index is 0.157. The van der Waals surface area contributed by atoms with Crippen molar-refractivity contribution in [2.24, 2.45) is 0 Å². The van der Waals surface area contributed by atoms with Crippen LogP contribution in [-0.2, 0) is 4.79 Å². The first kappa shape index (κ1) is 11.2. The second kappa shape index (κ2) is 4.56. The van der Waals surface area contributed by atoms with Crippen LogP contribution in [0.2, 0.25) is 0 Å². The average molecular weight is 213 g/mol. The molecule has 7 nitrogen and oxygen atoms in total. The van der Waals surface area contributed by atoms with Gasteiger partial charge in [0.1, 0.15) is 5.69 Å². The van der Waals surface area contributed by atoms with E-state index in [9.17, 15) is 9.59 Å². The summed E-state index contributed by atoms with van der Waals surface area (Å²) in [6.45, 7) is 1.38. The molecule has 0 saturated heterocycles. The van der Waals surface area contributed by atoms with Crippen LogP contribution in [0.4, 0.5) is 0 Å². The molecule has 1 rings (SSSR count). The molecule has 0 aliphatic carbocycles. The molecule has 0 unspecified atom stereocenters. The normalized spacial score (nSPS) is 12.1. The second-order valence-electron chi connectivity index (χ2n) is 3.00. The molecule has 7 heteroatoms. The molecule has 1 aromatic rings. The van der Waals surface area contributed by atoms with Crippen molar-refractivity contribution < 1.29 is 19.8 Å². The van der Waals surface area contributed by atoms with Crippen LogP contribution in [0.25, 0.3) is 0 Å². The molecule has 15 heavy (non-hydrogen) atoms. The maximum Gasteiger partial charge on any atom is 0.334 e. The molecule has 0 spiro atoms. The molecule has 0 saturated carbocycles. The van der Waals surface area contributed by atoms with E-state index in [1.807, 2.05) is 0 Å². The molecule has 1 amide bonds. The van der Waals surface area contributed by atoms with Crippen molar-refractivity contribution in [3.05, 3.63) is 17.5 Å². The Morgan fingerprint density at radius 2 is 2.33 bits per heavy atom. The van der Waals surface area contributed by atoms with E-state index in [2.05, 4.69) is 15.5 Å². The second-order valence-corrected chi connectivity index (χ2v) is 3.00. The number of aromatic nitrogens is 2. The molecule has 0 aliphatic heterocycles. The number of aliphatic hydroxyl groups excluding tert-OH is 1. The zero-order valence-corrected chi connectivity index (χ0v) is 8.02. The molecule has 0 aliphatic rings. The van der Waals surface area contributed by atoms with Crippen molar-refractivity contribution in [1.29, 1.82) is 0 Å². The van der Waals surface area contributed by atoms with E-state index in [1.165, 1.54) is 6.07 Å². The van der Waals surface area contributed by atoms with Crippen molar-refractivity contribution in [1.82, 2.24) is 15.5 Å². The van der Waals surface area contributed by atoms with Crippen LogP contribution in [0.3, 0.4) is 0 Å². The Hall–Kier alpha value is -1.89. The van der Waals surface area contributed by atoms with Crippen LogP contribution in [-0.4, -0.2) is 44.9 Å². The van der Waals surface area contributed by atoms with E-state index in [-0.39, 0.29) is 12.2 Å². The van der Waals surface area contributed by atoms with Crippen LogP contribution in [0, 0.1) is 6.92 Å². The fraction of sp³-hybridized carbons (Fsp3) is 0.375. The number of aromatic amines is 1. The minimum Gasteiger partial charge on any atom is -0.479 e. The monoisotopic (exact) mass is 213 g/mol. The third-order valence-electron chi connectivity index (χ3n) is 1.68. The molecule has 4 N–H and O–H groups in total. The van der Waals surface area contributed by atoms with Gasteiger partial charge in [0.2, 0.25) is 0 Å². The quantitative estimate of drug-likeness (QED) is 0.506. The number of hydrogen-bond acceptors (Lipinski definition) is 4. The summed E-state index contributed by atoms with van der Waals surface area (Å²) in [5, 5.41) is 25.7. The molecular formula is C8H11N3O4. The van der Waals surface area contributed by atoms with E-state index < -0.39 is 18.0 Å². The van der Waals surface area contributed by atoms with Gasteiger partial charge in [0.05, 0.1) is 6.54 Å². The Kier molecular flexibility index (Phi) is 3.40. The lowest BCUT2D eigenvalue weighted by Gasteiger charge is -2.05. The Bertz CT molecular complexity index is 374. The number of carboxylic acid groups (broad SMARTS) is 1. The van der Waals surface area contributed by atoms with Crippen molar-refractivity contribution in [2.75, 3.05) is 6.54 Å². The standard InChI is InChI=1S/C8H11N3O4/c1-4-2-5(11-10-4)7(13)9-3-6(12)8(14)15/h2,6,12H,3H2,1H3,(H,9,13)(H,10,11)(H,14,15)/t6-/m0/s1. The van der Waals surface area contributed by atoms with E-state index in [0.717, 1.165) is 5.69 Å². The summed E-state index contributed by atoms with van der Waals surface area (Å²) in [4.78, 5) is 21.5. The largest absolute Gasteiger partial charge is 0.479 e. The maximum absolute atomic E-state index is 11.3. The number of amides is 1. The molecule has 1 atom stereocenters. The van der Waals surface area contributed by atoms with Crippen LogP contribution in [0.1, 0.15) is 16.2 Å². The molecule has 0 aromatic carbocycles. The van der Waals surface area contributed by atoms with Crippen LogP contribution >= 0.6 is 0 Å². The highest BCUT2D eigenvalue weighted by atomic mass is 16.4. The predicted molar refractivity (Wildman–Crippen MR) is 49.3 cm³/mol. The summed E-state index contributed by atoms with van der Waals surface area (Å²) in [6, 6.07) is 1.52. The number of nitrogens with zero attached hydrogens (tertiary/aromatic N) is 1.